The average Bonchev–Trinajstić information content (AvgIpc) is 3.03. The maximum absolute atomic E-state index is 12.1. The van der Waals surface area contributed by atoms with Crippen LogP contribution in [0.4, 0.5) is 5.82 Å². The molecule has 0 spiro atoms. The summed E-state index contributed by atoms with van der Waals surface area (Å²) in [5, 5.41) is 12.3. The van der Waals surface area contributed by atoms with Gasteiger partial charge in [0.05, 0.1) is 11.3 Å². The summed E-state index contributed by atoms with van der Waals surface area (Å²) in [7, 11) is 0. The Morgan fingerprint density at radius 3 is 2.81 bits per heavy atom. The van der Waals surface area contributed by atoms with Gasteiger partial charge in [0.25, 0.3) is 5.56 Å². The lowest BCUT2D eigenvalue weighted by Crippen LogP contribution is -2.25. The number of rotatable bonds is 4. The molecular formula is C16H12N6O3S. The molecular weight excluding hydrogens is 356 g/mol. The van der Waals surface area contributed by atoms with E-state index in [1.54, 1.807) is 0 Å². The summed E-state index contributed by atoms with van der Waals surface area (Å²) in [6, 6.07) is 12.7. The van der Waals surface area contributed by atoms with E-state index in [0.717, 1.165) is 17.0 Å². The number of hydrogen-bond donors (Lipinski definition) is 3. The first-order valence-electron chi connectivity index (χ1n) is 7.59. The molecule has 0 fully saturated rings. The number of aromatic nitrogens is 5. The van der Waals surface area contributed by atoms with Crippen LogP contribution in [-0.4, -0.2) is 36.2 Å². The van der Waals surface area contributed by atoms with Crippen LogP contribution in [0.2, 0.25) is 0 Å². The monoisotopic (exact) mass is 368 g/mol. The Hall–Kier alpha value is -3.40. The molecule has 0 bridgehead atoms. The van der Waals surface area contributed by atoms with Crippen molar-refractivity contribution in [2.45, 2.75) is 5.16 Å². The second-order valence-corrected chi connectivity index (χ2v) is 6.35. The van der Waals surface area contributed by atoms with E-state index >= 15 is 0 Å². The summed E-state index contributed by atoms with van der Waals surface area (Å²) in [6.45, 7) is 0. The van der Waals surface area contributed by atoms with E-state index in [2.05, 4.69) is 20.5 Å². The van der Waals surface area contributed by atoms with E-state index in [1.807, 2.05) is 45.8 Å². The van der Waals surface area contributed by atoms with Gasteiger partial charge in [-0.05, 0) is 23.6 Å². The van der Waals surface area contributed by atoms with Crippen molar-refractivity contribution in [2.24, 2.45) is 0 Å². The van der Waals surface area contributed by atoms with Gasteiger partial charge < -0.3 is 5.32 Å². The highest BCUT2D eigenvalue weighted by Gasteiger charge is 2.12. The average molecular weight is 368 g/mol. The van der Waals surface area contributed by atoms with Crippen LogP contribution in [0.3, 0.4) is 0 Å². The molecule has 0 radical (unpaired) electrons. The zero-order valence-electron chi connectivity index (χ0n) is 13.2. The van der Waals surface area contributed by atoms with Gasteiger partial charge in [0, 0.05) is 6.07 Å². The van der Waals surface area contributed by atoms with Crippen LogP contribution in [0.25, 0.3) is 16.6 Å². The molecule has 0 atom stereocenters. The number of fused-ring (bicyclic) bond motifs is 3. The number of nitrogens with one attached hydrogen (secondary N) is 3. The molecule has 0 aliphatic carbocycles. The molecule has 3 heterocycles. The maximum Gasteiger partial charge on any atom is 0.327 e. The highest BCUT2D eigenvalue weighted by atomic mass is 32.2. The van der Waals surface area contributed by atoms with Crippen molar-refractivity contribution < 1.29 is 4.79 Å². The van der Waals surface area contributed by atoms with Gasteiger partial charge in [-0.2, -0.15) is 0 Å². The molecule has 4 rings (SSSR count). The van der Waals surface area contributed by atoms with Crippen molar-refractivity contribution >= 4 is 40.0 Å². The van der Waals surface area contributed by atoms with E-state index in [4.69, 9.17) is 0 Å². The fourth-order valence-corrected chi connectivity index (χ4v) is 3.31. The Labute approximate surface area is 149 Å². The third-order valence-electron chi connectivity index (χ3n) is 3.61. The molecule has 0 saturated carbocycles. The SMILES string of the molecule is O=C(CSc1nnc2ccc3ccccc3n12)Nc1cc(=O)[nH]c(=O)[nH]1. The van der Waals surface area contributed by atoms with Gasteiger partial charge in [0.1, 0.15) is 5.82 Å². The van der Waals surface area contributed by atoms with E-state index in [9.17, 15) is 14.4 Å². The van der Waals surface area contributed by atoms with Crippen molar-refractivity contribution in [3.8, 4) is 0 Å². The Kier molecular flexibility index (Phi) is 4.01. The van der Waals surface area contributed by atoms with Gasteiger partial charge in [-0.15, -0.1) is 10.2 Å². The number of aromatic amines is 2. The van der Waals surface area contributed by atoms with Crippen molar-refractivity contribution in [1.29, 1.82) is 0 Å². The van der Waals surface area contributed by atoms with Gasteiger partial charge in [-0.1, -0.05) is 30.0 Å². The molecule has 9 nitrogen and oxygen atoms in total. The van der Waals surface area contributed by atoms with Crippen LogP contribution < -0.4 is 16.6 Å². The number of pyridine rings is 1. The number of H-pyrrole nitrogens is 2. The minimum atomic E-state index is -0.685. The van der Waals surface area contributed by atoms with Crippen LogP contribution in [0.5, 0.6) is 0 Å². The van der Waals surface area contributed by atoms with E-state index in [1.165, 1.54) is 11.8 Å². The number of carbonyl (C=O) groups excluding carboxylic acids is 1. The summed E-state index contributed by atoms with van der Waals surface area (Å²) in [6.07, 6.45) is 0. The zero-order chi connectivity index (χ0) is 18.1. The second-order valence-electron chi connectivity index (χ2n) is 5.41. The third-order valence-corrected chi connectivity index (χ3v) is 4.54. The summed E-state index contributed by atoms with van der Waals surface area (Å²) in [4.78, 5) is 39.0. The topological polar surface area (TPSA) is 125 Å². The first kappa shape index (κ1) is 16.1. The molecule has 0 aliphatic heterocycles. The van der Waals surface area contributed by atoms with E-state index < -0.39 is 11.2 Å². The standard InChI is InChI=1S/C16H12N6O3S/c23-13-7-11(18-15(25)19-13)17-14(24)8-26-16-21-20-12-6-5-9-3-1-2-4-10(9)22(12)16/h1-7H,8H2,(H3,17,18,19,23,24,25). The number of hydrogen-bond acceptors (Lipinski definition) is 6. The van der Waals surface area contributed by atoms with E-state index in [0.29, 0.717) is 10.8 Å². The highest BCUT2D eigenvalue weighted by molar-refractivity contribution is 7.99. The lowest BCUT2D eigenvalue weighted by atomic mass is 10.2. The van der Waals surface area contributed by atoms with Crippen LogP contribution in [-0.2, 0) is 4.79 Å². The second kappa shape index (κ2) is 6.48. The minimum Gasteiger partial charge on any atom is -0.311 e. The van der Waals surface area contributed by atoms with Gasteiger partial charge in [0.2, 0.25) is 5.91 Å². The smallest absolute Gasteiger partial charge is 0.311 e. The first-order chi connectivity index (χ1) is 12.6. The van der Waals surface area contributed by atoms with Crippen molar-refractivity contribution in [1.82, 2.24) is 24.6 Å². The molecule has 0 unspecified atom stereocenters. The number of nitrogens with zero attached hydrogens (tertiary/aromatic N) is 3. The number of benzene rings is 1. The Balaban J connectivity index is 1.56. The van der Waals surface area contributed by atoms with E-state index in [-0.39, 0.29) is 17.5 Å². The van der Waals surface area contributed by atoms with Crippen LogP contribution in [0.1, 0.15) is 0 Å². The summed E-state index contributed by atoms with van der Waals surface area (Å²) in [5.74, 6) is -0.298. The summed E-state index contributed by atoms with van der Waals surface area (Å²) in [5.41, 5.74) is 0.351. The molecule has 10 heteroatoms. The minimum absolute atomic E-state index is 0.0405. The predicted molar refractivity (Wildman–Crippen MR) is 97.5 cm³/mol. The van der Waals surface area contributed by atoms with Crippen molar-refractivity contribution in [2.75, 3.05) is 11.1 Å². The number of para-hydroxylation sites is 1. The Bertz CT molecular complexity index is 1210. The van der Waals surface area contributed by atoms with Crippen LogP contribution in [0.15, 0.2) is 57.2 Å². The summed E-state index contributed by atoms with van der Waals surface area (Å²) < 4.78 is 1.88. The number of amides is 1. The maximum atomic E-state index is 12.1. The number of thioether (sulfide) groups is 1. The fraction of sp³-hybridized carbons (Fsp3) is 0.0625. The van der Waals surface area contributed by atoms with Crippen molar-refractivity contribution in [3.63, 3.8) is 0 Å². The van der Waals surface area contributed by atoms with Crippen LogP contribution >= 0.6 is 11.8 Å². The molecule has 4 aromatic rings. The molecule has 26 heavy (non-hydrogen) atoms. The third kappa shape index (κ3) is 3.09. The fourth-order valence-electron chi connectivity index (χ4n) is 2.56. The lowest BCUT2D eigenvalue weighted by Gasteiger charge is -2.05. The quantitative estimate of drug-likeness (QED) is 0.461. The molecule has 0 saturated heterocycles. The summed E-state index contributed by atoms with van der Waals surface area (Å²) >= 11 is 1.21. The molecule has 1 amide bonds. The number of anilines is 1. The molecule has 0 aliphatic rings. The normalized spacial score (nSPS) is 11.1. The zero-order valence-corrected chi connectivity index (χ0v) is 14.0. The number of carbonyl (C=O) groups is 1. The Morgan fingerprint density at radius 2 is 1.96 bits per heavy atom. The van der Waals surface area contributed by atoms with Gasteiger partial charge >= 0.3 is 5.69 Å². The Morgan fingerprint density at radius 1 is 1.12 bits per heavy atom. The van der Waals surface area contributed by atoms with Gasteiger partial charge in [0.15, 0.2) is 10.8 Å². The first-order valence-corrected chi connectivity index (χ1v) is 8.58. The largest absolute Gasteiger partial charge is 0.327 e. The molecule has 3 N–H and O–H groups in total. The van der Waals surface area contributed by atoms with Gasteiger partial charge in [-0.3, -0.25) is 24.0 Å². The molecule has 3 aromatic heterocycles. The van der Waals surface area contributed by atoms with Crippen molar-refractivity contribution in [3.05, 3.63) is 63.3 Å². The van der Waals surface area contributed by atoms with Crippen LogP contribution in [0, 0.1) is 0 Å². The predicted octanol–water partition coefficient (Wildman–Crippen LogP) is 0.990. The lowest BCUT2D eigenvalue weighted by molar-refractivity contribution is -0.113. The highest BCUT2D eigenvalue weighted by Crippen LogP contribution is 2.23. The molecule has 130 valence electrons. The molecule has 1 aromatic carbocycles. The van der Waals surface area contributed by atoms with Gasteiger partial charge in [-0.25, -0.2) is 4.79 Å².